The number of hydrogen-bond acceptors (Lipinski definition) is 13. The summed E-state index contributed by atoms with van der Waals surface area (Å²) < 4.78 is 69.2. The molecule has 37 heavy (non-hydrogen) atoms. The summed E-state index contributed by atoms with van der Waals surface area (Å²) in [4.78, 5) is 7.99. The second-order valence-electron chi connectivity index (χ2n) is 9.01. The van der Waals surface area contributed by atoms with Gasteiger partial charge in [-0.3, -0.25) is 9.13 Å². The normalized spacial score (nSPS) is 12.8. The number of ether oxygens (including phenoxy) is 4. The smallest absolute Gasteiger partial charge is 0.356 e. The molecule has 1 heterocycles. The molecule has 1 rings (SSSR count). The van der Waals surface area contributed by atoms with Crippen LogP contribution in [-0.2, 0) is 36.7 Å². The summed E-state index contributed by atoms with van der Waals surface area (Å²) in [7, 11) is -6.78. The Morgan fingerprint density at radius 1 is 0.649 bits per heavy atom. The molecule has 0 saturated heterocycles. The Morgan fingerprint density at radius 2 is 0.973 bits per heavy atom. The highest BCUT2D eigenvalue weighted by atomic mass is 31.2. The van der Waals surface area contributed by atoms with Gasteiger partial charge in [0.2, 0.25) is 17.7 Å². The molecule has 0 amide bonds. The van der Waals surface area contributed by atoms with Crippen LogP contribution in [0.2, 0.25) is 0 Å². The van der Waals surface area contributed by atoms with Crippen molar-refractivity contribution in [1.82, 2.24) is 9.97 Å². The van der Waals surface area contributed by atoms with E-state index in [4.69, 9.17) is 42.8 Å². The minimum atomic E-state index is -3.39. The average molecular weight is 572 g/mol. The fourth-order valence-corrected chi connectivity index (χ4v) is 6.41. The lowest BCUT2D eigenvalue weighted by Crippen LogP contribution is -2.15. The summed E-state index contributed by atoms with van der Waals surface area (Å²) in [6, 6.07) is 1.46. The summed E-state index contributed by atoms with van der Waals surface area (Å²) in [6.45, 7) is 14.6. The van der Waals surface area contributed by atoms with Crippen molar-refractivity contribution in [1.29, 1.82) is 0 Å². The van der Waals surface area contributed by atoms with E-state index in [0.29, 0.717) is 0 Å². The van der Waals surface area contributed by atoms with Crippen molar-refractivity contribution in [2.75, 3.05) is 44.9 Å². The molecule has 2 N–H and O–H groups in total. The van der Waals surface area contributed by atoms with E-state index >= 15 is 0 Å². The van der Waals surface area contributed by atoms with Crippen LogP contribution in [0.1, 0.15) is 55.4 Å². The van der Waals surface area contributed by atoms with E-state index in [-0.39, 0.29) is 81.2 Å². The molecule has 0 unspecified atom stereocenters. The Hall–Kier alpha value is -1.30. The lowest BCUT2D eigenvalue weighted by atomic mass is 10.5. The molecule has 0 radical (unpaired) electrons. The zero-order chi connectivity index (χ0) is 28.1. The van der Waals surface area contributed by atoms with Gasteiger partial charge in [0.05, 0.1) is 43.7 Å². The average Bonchev–Trinajstić information content (AvgIpc) is 2.70. The Balaban J connectivity index is 2.48. The van der Waals surface area contributed by atoms with Gasteiger partial charge in [0.25, 0.3) is 0 Å². The predicted molar refractivity (Wildman–Crippen MR) is 139 cm³/mol. The first kappa shape index (κ1) is 33.7. The van der Waals surface area contributed by atoms with Crippen molar-refractivity contribution >= 4 is 21.1 Å². The summed E-state index contributed by atoms with van der Waals surface area (Å²) in [5.74, 6) is 0.300. The number of nitrogen functional groups attached to an aromatic ring is 1. The third kappa shape index (κ3) is 15.6. The summed E-state index contributed by atoms with van der Waals surface area (Å²) in [6.07, 6.45) is -1.51. The fourth-order valence-electron chi connectivity index (χ4n) is 2.79. The first-order valence-corrected chi connectivity index (χ1v) is 15.6. The molecule has 0 saturated carbocycles. The Morgan fingerprint density at radius 3 is 1.27 bits per heavy atom. The molecule has 1 aromatic rings. The van der Waals surface area contributed by atoms with Crippen molar-refractivity contribution in [2.45, 2.75) is 79.8 Å². The maximum atomic E-state index is 12.7. The molecule has 0 aromatic carbocycles. The van der Waals surface area contributed by atoms with Gasteiger partial charge in [0.15, 0.2) is 0 Å². The Kier molecular flexibility index (Phi) is 15.1. The van der Waals surface area contributed by atoms with Crippen LogP contribution in [0, 0.1) is 0 Å². The van der Waals surface area contributed by atoms with Crippen molar-refractivity contribution in [3.63, 3.8) is 0 Å². The van der Waals surface area contributed by atoms with Crippen LogP contribution in [0.5, 0.6) is 11.8 Å². The van der Waals surface area contributed by atoms with Gasteiger partial charge in [-0.1, -0.05) is 0 Å². The molecule has 1 aromatic heterocycles. The maximum absolute atomic E-state index is 12.7. The molecule has 0 spiro atoms. The van der Waals surface area contributed by atoms with Crippen molar-refractivity contribution in [2.24, 2.45) is 0 Å². The molecule has 0 atom stereocenters. The topological polar surface area (TPSA) is 160 Å². The number of rotatable bonds is 20. The molecule has 13 nitrogen and oxygen atoms in total. The largest absolute Gasteiger partial charge is 0.475 e. The predicted octanol–water partition coefficient (Wildman–Crippen LogP) is 4.85. The molecule has 216 valence electrons. The van der Waals surface area contributed by atoms with Crippen molar-refractivity contribution < 1.29 is 46.2 Å². The molecular weight excluding hydrogens is 528 g/mol. The van der Waals surface area contributed by atoms with E-state index in [0.717, 1.165) is 0 Å². The van der Waals surface area contributed by atoms with Crippen molar-refractivity contribution in [3.8, 4) is 11.8 Å². The molecule has 0 aliphatic heterocycles. The highest BCUT2D eigenvalue weighted by molar-refractivity contribution is 7.53. The van der Waals surface area contributed by atoms with Crippen LogP contribution in [0.4, 0.5) is 5.95 Å². The number of hydrogen-bond donors (Lipinski definition) is 1. The first-order chi connectivity index (χ1) is 17.2. The van der Waals surface area contributed by atoms with Crippen LogP contribution in [0.15, 0.2) is 6.07 Å². The van der Waals surface area contributed by atoms with Crippen LogP contribution in [0.25, 0.3) is 0 Å². The number of aromatic nitrogens is 2. The third-order valence-electron chi connectivity index (χ3n) is 3.64. The molecular formula is C22H43N3O10P2. The third-order valence-corrected chi connectivity index (χ3v) is 7.61. The minimum Gasteiger partial charge on any atom is -0.475 e. The number of nitrogens with two attached hydrogens (primary N) is 1. The standard InChI is InChI=1S/C22H43N3O10P2/c1-16(2)32-36(26,33-17(3)4)14-28-9-11-30-20-13-21(25-22(23)24-20)31-12-10-29-15-37(27,34-18(5)6)35-19(7)8/h13,16-19H,9-12,14-15H2,1-8H3,(H2,23,24,25). The SMILES string of the molecule is CC(C)OP(=O)(COCCOc1cc(OCCOCP(=O)(OC(C)C)OC(C)C)nc(N)n1)OC(C)C. The zero-order valence-electron chi connectivity index (χ0n) is 23.1. The quantitative estimate of drug-likeness (QED) is 0.167. The lowest BCUT2D eigenvalue weighted by Gasteiger charge is -2.22. The van der Waals surface area contributed by atoms with Gasteiger partial charge in [-0.25, -0.2) is 0 Å². The molecule has 0 aliphatic carbocycles. The minimum absolute atomic E-state index is 0.0466. The van der Waals surface area contributed by atoms with Gasteiger partial charge in [-0.15, -0.1) is 0 Å². The van der Waals surface area contributed by atoms with Crippen LogP contribution in [0.3, 0.4) is 0 Å². The van der Waals surface area contributed by atoms with Crippen molar-refractivity contribution in [3.05, 3.63) is 6.07 Å². The highest BCUT2D eigenvalue weighted by Gasteiger charge is 2.29. The summed E-state index contributed by atoms with van der Waals surface area (Å²) in [5, 5.41) is 0. The number of nitrogens with zero attached hydrogens (tertiary/aromatic N) is 2. The van der Waals surface area contributed by atoms with Gasteiger partial charge in [0.1, 0.15) is 25.9 Å². The van der Waals surface area contributed by atoms with E-state index in [1.807, 2.05) is 0 Å². The Bertz CT molecular complexity index is 792. The monoisotopic (exact) mass is 571 g/mol. The number of anilines is 1. The van der Waals surface area contributed by atoms with E-state index < -0.39 is 15.2 Å². The van der Waals surface area contributed by atoms with Gasteiger partial charge in [0, 0.05) is 0 Å². The second kappa shape index (κ2) is 16.6. The second-order valence-corrected chi connectivity index (χ2v) is 12.8. The highest BCUT2D eigenvalue weighted by Crippen LogP contribution is 2.51. The zero-order valence-corrected chi connectivity index (χ0v) is 24.9. The fraction of sp³-hybridized carbons (Fsp3) is 0.818. The Labute approximate surface area is 220 Å². The van der Waals surface area contributed by atoms with Gasteiger partial charge < -0.3 is 42.8 Å². The van der Waals surface area contributed by atoms with E-state index in [2.05, 4.69) is 9.97 Å². The molecule has 0 aliphatic rings. The van der Waals surface area contributed by atoms with E-state index in [9.17, 15) is 9.13 Å². The summed E-state index contributed by atoms with van der Waals surface area (Å²) >= 11 is 0. The van der Waals surface area contributed by atoms with Crippen LogP contribution in [-0.4, -0.2) is 73.5 Å². The summed E-state index contributed by atoms with van der Waals surface area (Å²) in [5.41, 5.74) is 5.74. The maximum Gasteiger partial charge on any atom is 0.356 e. The van der Waals surface area contributed by atoms with Crippen LogP contribution >= 0.6 is 15.2 Å². The molecule has 15 heteroatoms. The van der Waals surface area contributed by atoms with Crippen LogP contribution < -0.4 is 15.2 Å². The van der Waals surface area contributed by atoms with Gasteiger partial charge >= 0.3 is 15.2 Å². The van der Waals surface area contributed by atoms with E-state index in [1.165, 1.54) is 6.07 Å². The lowest BCUT2D eigenvalue weighted by molar-refractivity contribution is 0.0834. The van der Waals surface area contributed by atoms with Gasteiger partial charge in [-0.2, -0.15) is 9.97 Å². The molecule has 0 fully saturated rings. The van der Waals surface area contributed by atoms with Gasteiger partial charge in [-0.05, 0) is 55.4 Å². The first-order valence-electron chi connectivity index (χ1n) is 12.2. The van der Waals surface area contributed by atoms with E-state index in [1.54, 1.807) is 55.4 Å². The molecule has 0 bridgehead atoms.